The Bertz CT molecular complexity index is 616. The Morgan fingerprint density at radius 2 is 1.56 bits per heavy atom. The van der Waals surface area contributed by atoms with E-state index in [0.717, 1.165) is 17.5 Å². The van der Waals surface area contributed by atoms with Crippen LogP contribution in [-0.4, -0.2) is 30.2 Å². The summed E-state index contributed by atoms with van der Waals surface area (Å²) in [5, 5.41) is 10.2. The van der Waals surface area contributed by atoms with Crippen molar-refractivity contribution in [2.45, 2.75) is 45.1 Å². The summed E-state index contributed by atoms with van der Waals surface area (Å²) in [7, 11) is 0. The summed E-state index contributed by atoms with van der Waals surface area (Å²) in [5.74, 6) is -0.0610. The molecule has 0 amide bonds. The van der Waals surface area contributed by atoms with Gasteiger partial charge >= 0.3 is 0 Å². The van der Waals surface area contributed by atoms with Gasteiger partial charge in [0.05, 0.1) is 32.0 Å². The molecular formula is C21H26O4. The molecule has 0 radical (unpaired) electrons. The van der Waals surface area contributed by atoms with Crippen LogP contribution in [0.1, 0.15) is 24.5 Å². The van der Waals surface area contributed by atoms with Crippen molar-refractivity contribution in [3.8, 4) is 0 Å². The minimum absolute atomic E-state index is 0.0470. The monoisotopic (exact) mass is 342 g/mol. The molecule has 0 aliphatic carbocycles. The van der Waals surface area contributed by atoms with Gasteiger partial charge in [-0.3, -0.25) is 0 Å². The summed E-state index contributed by atoms with van der Waals surface area (Å²) in [6.45, 7) is 3.49. The average Bonchev–Trinajstić information content (AvgIpc) is 2.65. The first-order valence-corrected chi connectivity index (χ1v) is 8.83. The fraction of sp³-hybridized carbons (Fsp3) is 0.429. The Balaban J connectivity index is 1.48. The van der Waals surface area contributed by atoms with Crippen molar-refractivity contribution in [1.29, 1.82) is 0 Å². The lowest BCUT2D eigenvalue weighted by Crippen LogP contribution is -2.45. The predicted molar refractivity (Wildman–Crippen MR) is 95.8 cm³/mol. The molecule has 1 fully saturated rings. The topological polar surface area (TPSA) is 47.9 Å². The van der Waals surface area contributed by atoms with E-state index < -0.39 is 6.29 Å². The second-order valence-electron chi connectivity index (χ2n) is 6.58. The van der Waals surface area contributed by atoms with Crippen molar-refractivity contribution in [2.24, 2.45) is 5.92 Å². The highest BCUT2D eigenvalue weighted by molar-refractivity contribution is 5.14. The van der Waals surface area contributed by atoms with Crippen LogP contribution in [0.3, 0.4) is 0 Å². The Morgan fingerprint density at radius 3 is 2.20 bits per heavy atom. The van der Waals surface area contributed by atoms with Crippen LogP contribution < -0.4 is 0 Å². The molecule has 1 aliphatic heterocycles. The molecular weight excluding hydrogens is 316 g/mol. The molecule has 1 N–H and O–H groups in total. The smallest absolute Gasteiger partial charge is 0.160 e. The molecule has 0 spiro atoms. The van der Waals surface area contributed by atoms with Gasteiger partial charge in [-0.05, 0) is 11.1 Å². The first kappa shape index (κ1) is 18.1. The zero-order valence-corrected chi connectivity index (χ0v) is 14.6. The largest absolute Gasteiger partial charge is 0.374 e. The van der Waals surface area contributed by atoms with Crippen molar-refractivity contribution >= 4 is 0 Å². The van der Waals surface area contributed by atoms with E-state index in [2.05, 4.69) is 0 Å². The average molecular weight is 342 g/mol. The van der Waals surface area contributed by atoms with E-state index in [1.807, 2.05) is 67.6 Å². The SMILES string of the molecule is C[C@@H]1C(O)O[C@H](COCc2ccccc2)C[C@@H]1OCc1ccccc1. The Labute approximate surface area is 149 Å². The van der Waals surface area contributed by atoms with E-state index in [0.29, 0.717) is 19.8 Å². The maximum atomic E-state index is 10.2. The molecule has 4 atom stereocenters. The minimum Gasteiger partial charge on any atom is -0.374 e. The molecule has 2 aromatic carbocycles. The number of aliphatic hydroxyl groups excluding tert-OH is 1. The zero-order chi connectivity index (χ0) is 17.5. The first-order valence-electron chi connectivity index (χ1n) is 8.83. The summed E-state index contributed by atoms with van der Waals surface area (Å²) in [6.07, 6.45) is -0.301. The molecule has 4 heteroatoms. The fourth-order valence-corrected chi connectivity index (χ4v) is 3.02. The normalized spacial score (nSPS) is 26.5. The second kappa shape index (κ2) is 9.11. The molecule has 0 saturated carbocycles. The number of rotatable bonds is 7. The van der Waals surface area contributed by atoms with Crippen LogP contribution in [0.15, 0.2) is 60.7 Å². The fourth-order valence-electron chi connectivity index (χ4n) is 3.02. The molecule has 3 rings (SSSR count). The Morgan fingerprint density at radius 1 is 0.960 bits per heavy atom. The number of hydrogen-bond acceptors (Lipinski definition) is 4. The highest BCUT2D eigenvalue weighted by Crippen LogP contribution is 2.27. The van der Waals surface area contributed by atoms with Crippen molar-refractivity contribution in [1.82, 2.24) is 0 Å². The van der Waals surface area contributed by atoms with Crippen LogP contribution >= 0.6 is 0 Å². The zero-order valence-electron chi connectivity index (χ0n) is 14.6. The summed E-state index contributed by atoms with van der Waals surface area (Å²) in [5.41, 5.74) is 2.26. The van der Waals surface area contributed by atoms with E-state index in [1.165, 1.54) is 0 Å². The Hall–Kier alpha value is -1.72. The van der Waals surface area contributed by atoms with Gasteiger partial charge in [0, 0.05) is 12.3 Å². The van der Waals surface area contributed by atoms with E-state index in [4.69, 9.17) is 14.2 Å². The van der Waals surface area contributed by atoms with Gasteiger partial charge in [0.2, 0.25) is 0 Å². The molecule has 0 aromatic heterocycles. The van der Waals surface area contributed by atoms with Crippen LogP contribution in [0.4, 0.5) is 0 Å². The van der Waals surface area contributed by atoms with E-state index in [9.17, 15) is 5.11 Å². The van der Waals surface area contributed by atoms with Gasteiger partial charge in [-0.15, -0.1) is 0 Å². The molecule has 134 valence electrons. The van der Waals surface area contributed by atoms with Gasteiger partial charge in [-0.25, -0.2) is 0 Å². The third-order valence-corrected chi connectivity index (χ3v) is 4.59. The second-order valence-corrected chi connectivity index (χ2v) is 6.58. The third kappa shape index (κ3) is 5.38. The number of hydrogen-bond donors (Lipinski definition) is 1. The summed E-state index contributed by atoms with van der Waals surface area (Å²) in [4.78, 5) is 0. The molecule has 1 aliphatic rings. The highest BCUT2D eigenvalue weighted by Gasteiger charge is 2.35. The number of aliphatic hydroxyl groups is 1. The molecule has 1 saturated heterocycles. The molecule has 4 nitrogen and oxygen atoms in total. The van der Waals surface area contributed by atoms with Gasteiger partial charge < -0.3 is 19.3 Å². The minimum atomic E-state index is -0.820. The molecule has 1 unspecified atom stereocenters. The lowest BCUT2D eigenvalue weighted by molar-refractivity contribution is -0.240. The van der Waals surface area contributed by atoms with Crippen molar-refractivity contribution in [2.75, 3.05) is 6.61 Å². The van der Waals surface area contributed by atoms with Crippen molar-refractivity contribution < 1.29 is 19.3 Å². The van der Waals surface area contributed by atoms with Crippen LogP contribution in [0.2, 0.25) is 0 Å². The van der Waals surface area contributed by atoms with Gasteiger partial charge in [-0.2, -0.15) is 0 Å². The quantitative estimate of drug-likeness (QED) is 0.836. The van der Waals surface area contributed by atoms with E-state index in [-0.39, 0.29) is 18.1 Å². The Kier molecular flexibility index (Phi) is 6.59. The van der Waals surface area contributed by atoms with Crippen molar-refractivity contribution in [3.63, 3.8) is 0 Å². The van der Waals surface area contributed by atoms with Gasteiger partial charge in [0.1, 0.15) is 0 Å². The van der Waals surface area contributed by atoms with Crippen LogP contribution in [-0.2, 0) is 27.4 Å². The van der Waals surface area contributed by atoms with E-state index >= 15 is 0 Å². The standard InChI is InChI=1S/C21H26O4/c1-16-20(24-14-18-10-6-3-7-11-18)12-19(25-21(16)22)15-23-13-17-8-4-2-5-9-17/h2-11,16,19-22H,12-15H2,1H3/t16-,19-,20-,21?/m0/s1. The maximum absolute atomic E-state index is 10.2. The van der Waals surface area contributed by atoms with Gasteiger partial charge in [-0.1, -0.05) is 67.6 Å². The summed E-state index contributed by atoms with van der Waals surface area (Å²) in [6, 6.07) is 20.1. The van der Waals surface area contributed by atoms with Gasteiger partial charge in [0.15, 0.2) is 6.29 Å². The molecule has 2 aromatic rings. The van der Waals surface area contributed by atoms with Gasteiger partial charge in [0.25, 0.3) is 0 Å². The van der Waals surface area contributed by atoms with Crippen LogP contribution in [0, 0.1) is 5.92 Å². The van der Waals surface area contributed by atoms with Crippen LogP contribution in [0.5, 0.6) is 0 Å². The molecule has 25 heavy (non-hydrogen) atoms. The van der Waals surface area contributed by atoms with E-state index in [1.54, 1.807) is 0 Å². The molecule has 1 heterocycles. The third-order valence-electron chi connectivity index (χ3n) is 4.59. The van der Waals surface area contributed by atoms with Crippen molar-refractivity contribution in [3.05, 3.63) is 71.8 Å². The highest BCUT2D eigenvalue weighted by atomic mass is 16.6. The number of ether oxygens (including phenoxy) is 3. The lowest BCUT2D eigenvalue weighted by Gasteiger charge is -2.37. The lowest BCUT2D eigenvalue weighted by atomic mass is 9.95. The predicted octanol–water partition coefficient (Wildman–Crippen LogP) is 3.53. The summed E-state index contributed by atoms with van der Waals surface area (Å²) < 4.78 is 17.5. The molecule has 0 bridgehead atoms. The maximum Gasteiger partial charge on any atom is 0.160 e. The first-order chi connectivity index (χ1) is 12.2. The van der Waals surface area contributed by atoms with Crippen LogP contribution in [0.25, 0.3) is 0 Å². The number of benzene rings is 2. The summed E-state index contributed by atoms with van der Waals surface area (Å²) >= 11 is 0.